The molecule has 6 nitrogen and oxygen atoms in total. The number of nitrogens with zero attached hydrogens (tertiary/aromatic N) is 2. The molecule has 0 saturated carbocycles. The maximum Gasteiger partial charge on any atom is 0.240 e. The van der Waals surface area contributed by atoms with Crippen molar-refractivity contribution in [3.05, 3.63) is 46.8 Å². The van der Waals surface area contributed by atoms with E-state index < -0.39 is 0 Å². The fourth-order valence-electron chi connectivity index (χ4n) is 2.23. The van der Waals surface area contributed by atoms with Crippen molar-refractivity contribution < 1.29 is 9.53 Å². The summed E-state index contributed by atoms with van der Waals surface area (Å²) in [5, 5.41) is 11.0. The SMILES string of the molecule is CCOc1ccc(C=NNC(=O)CCc2c(C)n[nH]c2C)cc1. The number of ether oxygens (including phenoxy) is 1. The molecule has 0 aliphatic rings. The molecule has 0 aliphatic carbocycles. The largest absolute Gasteiger partial charge is 0.494 e. The van der Waals surface area contributed by atoms with Gasteiger partial charge >= 0.3 is 0 Å². The van der Waals surface area contributed by atoms with Crippen LogP contribution in [0.2, 0.25) is 0 Å². The van der Waals surface area contributed by atoms with Crippen molar-refractivity contribution >= 4 is 12.1 Å². The molecule has 1 aromatic heterocycles. The number of carbonyl (C=O) groups is 1. The van der Waals surface area contributed by atoms with Gasteiger partial charge in [0.1, 0.15) is 5.75 Å². The Balaban J connectivity index is 1.79. The van der Waals surface area contributed by atoms with Crippen LogP contribution in [-0.4, -0.2) is 28.9 Å². The number of benzene rings is 1. The zero-order valence-electron chi connectivity index (χ0n) is 13.7. The van der Waals surface area contributed by atoms with Crippen molar-refractivity contribution in [2.75, 3.05) is 6.61 Å². The predicted octanol–water partition coefficient (Wildman–Crippen LogP) is 2.51. The first kappa shape index (κ1) is 16.7. The summed E-state index contributed by atoms with van der Waals surface area (Å²) in [6.07, 6.45) is 2.64. The molecule has 0 bridgehead atoms. The molecule has 1 heterocycles. The zero-order valence-corrected chi connectivity index (χ0v) is 13.7. The number of aromatic nitrogens is 2. The molecule has 2 N–H and O–H groups in total. The van der Waals surface area contributed by atoms with Gasteiger partial charge in [-0.05, 0) is 62.6 Å². The molecule has 2 rings (SSSR count). The van der Waals surface area contributed by atoms with E-state index in [1.165, 1.54) is 0 Å². The number of amides is 1. The lowest BCUT2D eigenvalue weighted by Gasteiger charge is -2.02. The zero-order chi connectivity index (χ0) is 16.7. The lowest BCUT2D eigenvalue weighted by atomic mass is 10.1. The molecule has 0 unspecified atom stereocenters. The second-order valence-corrected chi connectivity index (χ2v) is 5.21. The van der Waals surface area contributed by atoms with E-state index in [-0.39, 0.29) is 5.91 Å². The van der Waals surface area contributed by atoms with Gasteiger partial charge in [0.25, 0.3) is 0 Å². The van der Waals surface area contributed by atoms with E-state index in [1.54, 1.807) is 6.21 Å². The minimum absolute atomic E-state index is 0.118. The van der Waals surface area contributed by atoms with E-state index in [2.05, 4.69) is 20.7 Å². The number of rotatable bonds is 7. The third-order valence-electron chi connectivity index (χ3n) is 3.48. The average molecular weight is 314 g/mol. The summed E-state index contributed by atoms with van der Waals surface area (Å²) in [5.74, 6) is 0.701. The summed E-state index contributed by atoms with van der Waals surface area (Å²) < 4.78 is 5.37. The molecule has 0 aliphatic heterocycles. The number of nitrogens with one attached hydrogen (secondary N) is 2. The second-order valence-electron chi connectivity index (χ2n) is 5.21. The molecule has 0 atom stereocenters. The number of H-pyrrole nitrogens is 1. The summed E-state index contributed by atoms with van der Waals surface area (Å²) in [6, 6.07) is 7.52. The highest BCUT2D eigenvalue weighted by molar-refractivity contribution is 5.82. The molecule has 23 heavy (non-hydrogen) atoms. The third-order valence-corrected chi connectivity index (χ3v) is 3.48. The topological polar surface area (TPSA) is 79.4 Å². The van der Waals surface area contributed by atoms with E-state index in [9.17, 15) is 4.79 Å². The molecule has 1 aromatic carbocycles. The van der Waals surface area contributed by atoms with Crippen molar-refractivity contribution in [3.8, 4) is 5.75 Å². The first-order chi connectivity index (χ1) is 11.1. The van der Waals surface area contributed by atoms with Crippen LogP contribution in [0, 0.1) is 13.8 Å². The number of hydrogen-bond acceptors (Lipinski definition) is 4. The lowest BCUT2D eigenvalue weighted by Crippen LogP contribution is -2.18. The molecule has 0 spiro atoms. The van der Waals surface area contributed by atoms with Crippen molar-refractivity contribution in [1.29, 1.82) is 0 Å². The van der Waals surface area contributed by atoms with Gasteiger partial charge in [0.2, 0.25) is 5.91 Å². The Kier molecular flexibility index (Phi) is 5.91. The Morgan fingerprint density at radius 1 is 1.35 bits per heavy atom. The van der Waals surface area contributed by atoms with Crippen molar-refractivity contribution in [1.82, 2.24) is 15.6 Å². The molecule has 1 amide bonds. The lowest BCUT2D eigenvalue weighted by molar-refractivity contribution is -0.121. The number of carbonyl (C=O) groups excluding carboxylic acids is 1. The standard InChI is InChI=1S/C17H22N4O2/c1-4-23-15-7-5-14(6-8-15)11-18-21-17(22)10-9-16-12(2)19-20-13(16)3/h5-8,11H,4,9-10H2,1-3H3,(H,19,20)(H,21,22). The Morgan fingerprint density at radius 3 is 2.70 bits per heavy atom. The van der Waals surface area contributed by atoms with Crippen LogP contribution in [0.25, 0.3) is 0 Å². The van der Waals surface area contributed by atoms with Gasteiger partial charge in [-0.2, -0.15) is 10.2 Å². The van der Waals surface area contributed by atoms with E-state index in [0.717, 1.165) is 28.3 Å². The monoisotopic (exact) mass is 314 g/mol. The summed E-state index contributed by atoms with van der Waals surface area (Å²) in [5.41, 5.74) is 6.48. The first-order valence-corrected chi connectivity index (χ1v) is 7.65. The van der Waals surface area contributed by atoms with Crippen molar-refractivity contribution in [2.45, 2.75) is 33.6 Å². The van der Waals surface area contributed by atoms with E-state index in [0.29, 0.717) is 19.4 Å². The highest BCUT2D eigenvalue weighted by atomic mass is 16.5. The van der Waals surface area contributed by atoms with E-state index >= 15 is 0 Å². The van der Waals surface area contributed by atoms with Crippen LogP contribution in [0.5, 0.6) is 5.75 Å². The number of aromatic amines is 1. The van der Waals surface area contributed by atoms with Crippen LogP contribution >= 0.6 is 0 Å². The van der Waals surface area contributed by atoms with Crippen LogP contribution in [-0.2, 0) is 11.2 Å². The van der Waals surface area contributed by atoms with Gasteiger partial charge < -0.3 is 4.74 Å². The molecule has 0 saturated heterocycles. The van der Waals surface area contributed by atoms with Crippen LogP contribution in [0.15, 0.2) is 29.4 Å². The Hall–Kier alpha value is -2.63. The fourth-order valence-corrected chi connectivity index (χ4v) is 2.23. The summed E-state index contributed by atoms with van der Waals surface area (Å²) in [4.78, 5) is 11.8. The van der Waals surface area contributed by atoms with Crippen molar-refractivity contribution in [2.24, 2.45) is 5.10 Å². The third kappa shape index (κ3) is 4.95. The average Bonchev–Trinajstić information content (AvgIpc) is 2.86. The molecule has 0 fully saturated rings. The predicted molar refractivity (Wildman–Crippen MR) is 89.7 cm³/mol. The van der Waals surface area contributed by atoms with Gasteiger partial charge in [-0.15, -0.1) is 0 Å². The van der Waals surface area contributed by atoms with Gasteiger partial charge in [-0.25, -0.2) is 5.43 Å². The minimum atomic E-state index is -0.118. The highest BCUT2D eigenvalue weighted by Crippen LogP contribution is 2.12. The maximum atomic E-state index is 11.8. The molecule has 122 valence electrons. The summed E-state index contributed by atoms with van der Waals surface area (Å²) >= 11 is 0. The molecular weight excluding hydrogens is 292 g/mol. The fraction of sp³-hybridized carbons (Fsp3) is 0.353. The Morgan fingerprint density at radius 2 is 2.09 bits per heavy atom. The normalized spacial score (nSPS) is 10.9. The summed E-state index contributed by atoms with van der Waals surface area (Å²) in [7, 11) is 0. The quantitative estimate of drug-likeness (QED) is 0.609. The van der Waals surface area contributed by atoms with Gasteiger partial charge in [-0.3, -0.25) is 9.89 Å². The second kappa shape index (κ2) is 8.12. The van der Waals surface area contributed by atoms with Gasteiger partial charge in [0.05, 0.1) is 18.5 Å². The molecular formula is C17H22N4O2. The minimum Gasteiger partial charge on any atom is -0.494 e. The number of hydrazone groups is 1. The number of hydrogen-bond donors (Lipinski definition) is 2. The number of aryl methyl sites for hydroxylation is 2. The molecule has 6 heteroatoms. The highest BCUT2D eigenvalue weighted by Gasteiger charge is 2.08. The molecule has 0 radical (unpaired) electrons. The Bertz CT molecular complexity index is 655. The van der Waals surface area contributed by atoms with Gasteiger partial charge in [-0.1, -0.05) is 0 Å². The van der Waals surface area contributed by atoms with Crippen LogP contribution in [0.4, 0.5) is 0 Å². The maximum absolute atomic E-state index is 11.8. The van der Waals surface area contributed by atoms with Gasteiger partial charge in [0.15, 0.2) is 0 Å². The van der Waals surface area contributed by atoms with Crippen LogP contribution < -0.4 is 10.2 Å². The van der Waals surface area contributed by atoms with E-state index in [4.69, 9.17) is 4.74 Å². The van der Waals surface area contributed by atoms with E-state index in [1.807, 2.05) is 45.0 Å². The summed E-state index contributed by atoms with van der Waals surface area (Å²) in [6.45, 7) is 6.47. The van der Waals surface area contributed by atoms with Crippen LogP contribution in [0.3, 0.4) is 0 Å². The Labute approximate surface area is 135 Å². The first-order valence-electron chi connectivity index (χ1n) is 7.65. The van der Waals surface area contributed by atoms with Crippen LogP contribution in [0.1, 0.15) is 35.9 Å². The van der Waals surface area contributed by atoms with Gasteiger partial charge in [0, 0.05) is 12.1 Å². The van der Waals surface area contributed by atoms with Crippen molar-refractivity contribution in [3.63, 3.8) is 0 Å². The molecule has 2 aromatic rings. The smallest absolute Gasteiger partial charge is 0.240 e.